The molecule has 0 radical (unpaired) electrons. The van der Waals surface area contributed by atoms with Crippen molar-refractivity contribution < 1.29 is 18.0 Å². The smallest absolute Gasteiger partial charge is 0.285 e. The topological polar surface area (TPSA) is 99.2 Å². The molecule has 32 heavy (non-hydrogen) atoms. The van der Waals surface area contributed by atoms with E-state index in [9.17, 15) is 18.0 Å². The normalized spacial score (nSPS) is 17.4. The molecule has 0 saturated carbocycles. The number of hydrogen-bond acceptors (Lipinski definition) is 5. The number of sulfonamides is 1. The van der Waals surface area contributed by atoms with E-state index in [4.69, 9.17) is 0 Å². The molecule has 2 heterocycles. The number of piperidine rings is 1. The van der Waals surface area contributed by atoms with E-state index in [0.29, 0.717) is 49.4 Å². The van der Waals surface area contributed by atoms with Crippen molar-refractivity contribution in [1.82, 2.24) is 15.1 Å². The minimum absolute atomic E-state index is 0.0708. The Kier molecular flexibility index (Phi) is 6.01. The minimum Gasteiger partial charge on any atom is -0.355 e. The quantitative estimate of drug-likeness (QED) is 0.760. The van der Waals surface area contributed by atoms with E-state index in [1.807, 2.05) is 23.1 Å². The monoisotopic (exact) mass is 454 g/mol. The van der Waals surface area contributed by atoms with Crippen molar-refractivity contribution in [1.29, 1.82) is 0 Å². The number of rotatable bonds is 4. The first-order valence-corrected chi connectivity index (χ1v) is 12.0. The Hall–Kier alpha value is -3.20. The van der Waals surface area contributed by atoms with Gasteiger partial charge in [0.1, 0.15) is 4.90 Å². The number of nitrogens with one attached hydrogen (secondary N) is 1. The van der Waals surface area contributed by atoms with Crippen molar-refractivity contribution in [3.8, 4) is 0 Å². The Morgan fingerprint density at radius 3 is 2.41 bits per heavy atom. The number of amidine groups is 1. The number of fused-ring (bicyclic) bond motifs is 1. The van der Waals surface area contributed by atoms with Crippen molar-refractivity contribution in [2.24, 2.45) is 10.3 Å². The van der Waals surface area contributed by atoms with Crippen LogP contribution in [0, 0.1) is 5.92 Å². The van der Waals surface area contributed by atoms with Crippen molar-refractivity contribution in [2.75, 3.05) is 27.2 Å². The molecule has 1 saturated heterocycles. The van der Waals surface area contributed by atoms with Crippen LogP contribution in [0.2, 0.25) is 0 Å². The van der Waals surface area contributed by atoms with Crippen LogP contribution >= 0.6 is 0 Å². The Bertz CT molecular complexity index is 1170. The highest BCUT2D eigenvalue weighted by atomic mass is 32.2. The summed E-state index contributed by atoms with van der Waals surface area (Å²) in [5.74, 6) is 0.294. The Morgan fingerprint density at radius 1 is 1.09 bits per heavy atom. The Balaban J connectivity index is 1.36. The highest BCUT2D eigenvalue weighted by Gasteiger charge is 2.35. The number of benzene rings is 2. The predicted octanol–water partition coefficient (Wildman–Crippen LogP) is 1.87. The summed E-state index contributed by atoms with van der Waals surface area (Å²) >= 11 is 0. The van der Waals surface area contributed by atoms with Gasteiger partial charge in [-0.25, -0.2) is 0 Å². The second-order valence-electron chi connectivity index (χ2n) is 8.12. The minimum atomic E-state index is -3.65. The molecule has 2 aromatic rings. The number of nitrogens with zero attached hydrogens (tertiary/aromatic N) is 3. The molecule has 9 heteroatoms. The zero-order valence-corrected chi connectivity index (χ0v) is 18.9. The van der Waals surface area contributed by atoms with Crippen molar-refractivity contribution in [3.05, 3.63) is 65.2 Å². The summed E-state index contributed by atoms with van der Waals surface area (Å²) in [6.45, 7) is 1.62. The number of hydrogen-bond donors (Lipinski definition) is 1. The predicted molar refractivity (Wildman–Crippen MR) is 121 cm³/mol. The van der Waals surface area contributed by atoms with Gasteiger partial charge in [0.15, 0.2) is 5.84 Å². The van der Waals surface area contributed by atoms with E-state index in [0.717, 1.165) is 5.56 Å². The van der Waals surface area contributed by atoms with Gasteiger partial charge in [-0.3, -0.25) is 9.59 Å². The number of amides is 2. The molecule has 0 aliphatic carbocycles. The zero-order chi connectivity index (χ0) is 22.9. The van der Waals surface area contributed by atoms with Crippen molar-refractivity contribution in [3.63, 3.8) is 0 Å². The average molecular weight is 455 g/mol. The fraction of sp³-hybridized carbons (Fsp3) is 0.348. The van der Waals surface area contributed by atoms with E-state index >= 15 is 0 Å². The molecule has 0 bridgehead atoms. The summed E-state index contributed by atoms with van der Waals surface area (Å²) in [6.07, 6.45) is 1.28. The third kappa shape index (κ3) is 4.25. The van der Waals surface area contributed by atoms with Gasteiger partial charge in [-0.2, -0.15) is 8.42 Å². The molecule has 0 spiro atoms. The molecule has 0 atom stereocenters. The summed E-state index contributed by atoms with van der Waals surface area (Å²) in [7, 11) is -0.275. The van der Waals surface area contributed by atoms with Gasteiger partial charge in [-0.1, -0.05) is 24.3 Å². The van der Waals surface area contributed by atoms with Crippen LogP contribution in [0.25, 0.3) is 0 Å². The van der Waals surface area contributed by atoms with Gasteiger partial charge in [0.25, 0.3) is 15.9 Å². The molecular formula is C23H26N4O4S. The number of carbonyl (C=O) groups excluding carboxylic acids is 2. The molecule has 0 unspecified atom stereocenters. The lowest BCUT2D eigenvalue weighted by Gasteiger charge is -2.34. The Labute approximate surface area is 188 Å². The van der Waals surface area contributed by atoms with Crippen molar-refractivity contribution >= 4 is 27.7 Å². The number of likely N-dealkylation sites (tertiary alicyclic amines) is 1. The number of carbonyl (C=O) groups is 2. The van der Waals surface area contributed by atoms with Crippen LogP contribution in [0.4, 0.5) is 0 Å². The van der Waals surface area contributed by atoms with E-state index in [2.05, 4.69) is 9.71 Å². The third-order valence-electron chi connectivity index (χ3n) is 6.00. The second-order valence-corrected chi connectivity index (χ2v) is 9.69. The molecule has 168 valence electrons. The largest absolute Gasteiger partial charge is 0.355 e. The molecule has 2 aliphatic rings. The molecule has 8 nitrogen and oxygen atoms in total. The fourth-order valence-electron chi connectivity index (χ4n) is 4.22. The van der Waals surface area contributed by atoms with Crippen molar-refractivity contribution in [2.45, 2.75) is 24.3 Å². The SMILES string of the molecule is CNC(=O)c1ccc(CN(C)C(=O)C2CCN(C3=NS(=O)(=O)c4ccccc43)CC2)cc1. The molecule has 2 amide bonds. The van der Waals surface area contributed by atoms with Crippen LogP contribution in [-0.2, 0) is 21.4 Å². The van der Waals surface area contributed by atoms with Gasteiger partial charge in [-0.05, 0) is 42.7 Å². The molecular weight excluding hydrogens is 428 g/mol. The maximum absolute atomic E-state index is 13.0. The first-order valence-electron chi connectivity index (χ1n) is 10.6. The first kappa shape index (κ1) is 22.0. The summed E-state index contributed by atoms with van der Waals surface area (Å²) in [5, 5.41) is 2.59. The summed E-state index contributed by atoms with van der Waals surface area (Å²) in [4.78, 5) is 28.6. The maximum atomic E-state index is 13.0. The highest BCUT2D eigenvalue weighted by molar-refractivity contribution is 7.90. The lowest BCUT2D eigenvalue weighted by molar-refractivity contribution is -0.136. The van der Waals surface area contributed by atoms with E-state index in [1.165, 1.54) is 0 Å². The van der Waals surface area contributed by atoms with Gasteiger partial charge in [-0.15, -0.1) is 4.40 Å². The van der Waals surface area contributed by atoms with Gasteiger partial charge in [0.2, 0.25) is 5.91 Å². The molecule has 1 N–H and O–H groups in total. The molecule has 2 aromatic carbocycles. The van der Waals surface area contributed by atoms with Crippen LogP contribution in [0.15, 0.2) is 57.8 Å². The lowest BCUT2D eigenvalue weighted by atomic mass is 9.94. The van der Waals surface area contributed by atoms with Crippen LogP contribution < -0.4 is 5.32 Å². The van der Waals surface area contributed by atoms with Crippen LogP contribution in [0.3, 0.4) is 0 Å². The summed E-state index contributed by atoms with van der Waals surface area (Å²) in [6, 6.07) is 14.1. The molecule has 1 fully saturated rings. The molecule has 2 aliphatic heterocycles. The third-order valence-corrected chi connectivity index (χ3v) is 7.32. The molecule has 4 rings (SSSR count). The first-order chi connectivity index (χ1) is 15.3. The van der Waals surface area contributed by atoms with Crippen LogP contribution in [-0.4, -0.2) is 63.1 Å². The van der Waals surface area contributed by atoms with Gasteiger partial charge in [0, 0.05) is 50.8 Å². The summed E-state index contributed by atoms with van der Waals surface area (Å²) < 4.78 is 28.6. The standard InChI is InChI=1S/C23H26N4O4S/c1-24-22(28)17-9-7-16(8-10-17)15-26(2)23(29)18-11-13-27(14-12-18)21-19-5-3-4-6-20(19)32(30,31)25-21/h3-10,18H,11-15H2,1-2H3,(H,24,28). The van der Waals surface area contributed by atoms with Crippen LogP contribution in [0.5, 0.6) is 0 Å². The van der Waals surface area contributed by atoms with E-state index in [1.54, 1.807) is 49.3 Å². The van der Waals surface area contributed by atoms with E-state index in [-0.39, 0.29) is 22.6 Å². The summed E-state index contributed by atoms with van der Waals surface area (Å²) in [5.41, 5.74) is 2.17. The van der Waals surface area contributed by atoms with Gasteiger partial charge in [0.05, 0.1) is 0 Å². The maximum Gasteiger partial charge on any atom is 0.285 e. The van der Waals surface area contributed by atoms with E-state index < -0.39 is 10.0 Å². The highest BCUT2D eigenvalue weighted by Crippen LogP contribution is 2.30. The van der Waals surface area contributed by atoms with Gasteiger partial charge < -0.3 is 15.1 Å². The Morgan fingerprint density at radius 2 is 1.75 bits per heavy atom. The van der Waals surface area contributed by atoms with Crippen LogP contribution in [0.1, 0.15) is 34.3 Å². The average Bonchev–Trinajstić information content (AvgIpc) is 3.09. The lowest BCUT2D eigenvalue weighted by Crippen LogP contribution is -2.43. The second kappa shape index (κ2) is 8.74. The molecule has 0 aromatic heterocycles. The fourth-order valence-corrected chi connectivity index (χ4v) is 5.45. The zero-order valence-electron chi connectivity index (χ0n) is 18.1. The van der Waals surface area contributed by atoms with Gasteiger partial charge >= 0.3 is 0 Å².